The number of ether oxygens (including phenoxy) is 1. The third-order valence-corrected chi connectivity index (χ3v) is 4.10. The second-order valence-corrected chi connectivity index (χ2v) is 6.08. The Morgan fingerprint density at radius 2 is 1.89 bits per heavy atom. The summed E-state index contributed by atoms with van der Waals surface area (Å²) < 4.78 is 5.33. The van der Waals surface area contributed by atoms with Crippen LogP contribution in [0.3, 0.4) is 0 Å². The molecule has 2 aromatic heterocycles. The predicted octanol–water partition coefficient (Wildman–Crippen LogP) is 4.57. The minimum absolute atomic E-state index is 0.314. The lowest BCUT2D eigenvalue weighted by atomic mass is 10.2. The summed E-state index contributed by atoms with van der Waals surface area (Å²) in [5.41, 5.74) is 2.33. The number of rotatable bonds is 5. The Morgan fingerprint density at radius 1 is 1.00 bits per heavy atom. The Kier molecular flexibility index (Phi) is 4.67. The minimum Gasteiger partial charge on any atom is -0.495 e. The third-order valence-electron chi connectivity index (χ3n) is 3.86. The van der Waals surface area contributed by atoms with Crippen molar-refractivity contribution < 1.29 is 4.74 Å². The number of aromatic nitrogens is 4. The van der Waals surface area contributed by atoms with Crippen LogP contribution in [-0.2, 0) is 0 Å². The number of fused-ring (bicyclic) bond motifs is 1. The van der Waals surface area contributed by atoms with Gasteiger partial charge in [0.25, 0.3) is 0 Å². The van der Waals surface area contributed by atoms with Crippen molar-refractivity contribution >= 4 is 45.6 Å². The lowest BCUT2D eigenvalue weighted by molar-refractivity contribution is 0.417. The Morgan fingerprint density at radius 3 is 2.78 bits per heavy atom. The molecule has 0 radical (unpaired) electrons. The van der Waals surface area contributed by atoms with E-state index in [4.69, 9.17) is 16.3 Å². The summed E-state index contributed by atoms with van der Waals surface area (Å²) in [4.78, 5) is 8.88. The minimum atomic E-state index is 0.314. The number of methoxy groups -OCH3 is 1. The topological polar surface area (TPSA) is 84.9 Å². The van der Waals surface area contributed by atoms with Crippen LogP contribution in [0.2, 0.25) is 5.02 Å². The van der Waals surface area contributed by atoms with Crippen LogP contribution in [0.25, 0.3) is 10.9 Å². The maximum Gasteiger partial charge on any atom is 0.249 e. The molecule has 0 spiro atoms. The molecule has 0 saturated carbocycles. The molecule has 0 aliphatic heterocycles. The molecule has 0 unspecified atom stereocenters. The first-order valence-electron chi connectivity index (χ1n) is 8.14. The first-order valence-corrected chi connectivity index (χ1v) is 8.52. The number of pyridine rings is 1. The highest BCUT2D eigenvalue weighted by Gasteiger charge is 2.08. The summed E-state index contributed by atoms with van der Waals surface area (Å²) >= 11 is 6.06. The van der Waals surface area contributed by atoms with Gasteiger partial charge < -0.3 is 15.4 Å². The maximum absolute atomic E-state index is 6.06. The van der Waals surface area contributed by atoms with E-state index in [1.807, 2.05) is 30.3 Å². The molecule has 0 fully saturated rings. The zero-order valence-corrected chi connectivity index (χ0v) is 15.1. The van der Waals surface area contributed by atoms with Gasteiger partial charge in [-0.3, -0.25) is 4.98 Å². The van der Waals surface area contributed by atoms with Crippen LogP contribution >= 0.6 is 11.6 Å². The second kappa shape index (κ2) is 7.43. The van der Waals surface area contributed by atoms with Gasteiger partial charge in [-0.1, -0.05) is 29.8 Å². The molecule has 0 saturated heterocycles. The average Bonchev–Trinajstić information content (AvgIpc) is 2.69. The number of hydrogen-bond acceptors (Lipinski definition) is 7. The van der Waals surface area contributed by atoms with Gasteiger partial charge in [0.05, 0.1) is 30.2 Å². The average molecular weight is 379 g/mol. The maximum atomic E-state index is 6.06. The van der Waals surface area contributed by atoms with Gasteiger partial charge in [0.15, 0.2) is 5.82 Å². The van der Waals surface area contributed by atoms with Gasteiger partial charge in [0.1, 0.15) is 5.75 Å². The zero-order chi connectivity index (χ0) is 18.6. The van der Waals surface area contributed by atoms with Crippen LogP contribution in [0.1, 0.15) is 0 Å². The Labute approximate surface area is 160 Å². The van der Waals surface area contributed by atoms with Gasteiger partial charge in [-0.25, -0.2) is 0 Å². The van der Waals surface area contributed by atoms with E-state index in [-0.39, 0.29) is 0 Å². The number of anilines is 4. The molecule has 4 rings (SSSR count). The SMILES string of the molecule is COc1ccc(Cl)cc1Nc1nncc(Nc2cccc3cccnc23)n1. The smallest absolute Gasteiger partial charge is 0.249 e. The van der Waals surface area contributed by atoms with E-state index in [1.165, 1.54) is 0 Å². The highest BCUT2D eigenvalue weighted by Crippen LogP contribution is 2.30. The van der Waals surface area contributed by atoms with Crippen molar-refractivity contribution in [2.75, 3.05) is 17.7 Å². The van der Waals surface area contributed by atoms with Crippen molar-refractivity contribution in [3.05, 3.63) is 65.9 Å². The predicted molar refractivity (Wildman–Crippen MR) is 106 cm³/mol. The van der Waals surface area contributed by atoms with E-state index in [1.54, 1.807) is 37.7 Å². The molecule has 8 heteroatoms. The van der Waals surface area contributed by atoms with Crippen molar-refractivity contribution in [2.45, 2.75) is 0 Å². The molecule has 2 N–H and O–H groups in total. The molecule has 134 valence electrons. The van der Waals surface area contributed by atoms with Crippen LogP contribution in [-0.4, -0.2) is 27.3 Å². The molecular weight excluding hydrogens is 364 g/mol. The van der Waals surface area contributed by atoms with Crippen molar-refractivity contribution in [1.29, 1.82) is 0 Å². The van der Waals surface area contributed by atoms with Crippen molar-refractivity contribution in [1.82, 2.24) is 20.2 Å². The molecule has 4 aromatic rings. The zero-order valence-electron chi connectivity index (χ0n) is 14.3. The van der Waals surface area contributed by atoms with E-state index in [0.29, 0.717) is 28.2 Å². The first kappa shape index (κ1) is 17.0. The van der Waals surface area contributed by atoms with Gasteiger partial charge in [-0.05, 0) is 30.3 Å². The summed E-state index contributed by atoms with van der Waals surface area (Å²) in [6, 6.07) is 15.0. The Bertz CT molecular complexity index is 1100. The van der Waals surface area contributed by atoms with E-state index < -0.39 is 0 Å². The summed E-state index contributed by atoms with van der Waals surface area (Å²) in [6.07, 6.45) is 3.30. The summed E-state index contributed by atoms with van der Waals surface area (Å²) in [5, 5.41) is 15.9. The standard InChI is InChI=1S/C19H15ClN6O/c1-27-16-8-7-13(20)10-15(16)24-19-25-17(11-22-26-19)23-14-6-2-4-12-5-3-9-21-18(12)14/h2-11H,1H3,(H2,23,24,25,26). The van der Waals surface area contributed by atoms with Crippen LogP contribution in [0.15, 0.2) is 60.9 Å². The quantitative estimate of drug-likeness (QED) is 0.526. The summed E-state index contributed by atoms with van der Waals surface area (Å²) in [6.45, 7) is 0. The van der Waals surface area contributed by atoms with Crippen LogP contribution in [0.4, 0.5) is 23.1 Å². The van der Waals surface area contributed by atoms with Crippen molar-refractivity contribution in [3.8, 4) is 5.75 Å². The van der Waals surface area contributed by atoms with Gasteiger partial charge in [-0.2, -0.15) is 10.1 Å². The molecule has 2 heterocycles. The number of hydrogen-bond donors (Lipinski definition) is 2. The molecule has 27 heavy (non-hydrogen) atoms. The highest BCUT2D eigenvalue weighted by atomic mass is 35.5. The highest BCUT2D eigenvalue weighted by molar-refractivity contribution is 6.31. The Balaban J connectivity index is 1.62. The number of para-hydroxylation sites is 1. The monoisotopic (exact) mass is 378 g/mol. The molecule has 2 aromatic carbocycles. The normalized spacial score (nSPS) is 10.6. The van der Waals surface area contributed by atoms with Crippen LogP contribution < -0.4 is 15.4 Å². The fraction of sp³-hybridized carbons (Fsp3) is 0.0526. The fourth-order valence-corrected chi connectivity index (χ4v) is 2.83. The molecule has 0 amide bonds. The lowest BCUT2D eigenvalue weighted by Crippen LogP contribution is -2.03. The molecule has 0 bridgehead atoms. The van der Waals surface area contributed by atoms with Crippen LogP contribution in [0.5, 0.6) is 5.75 Å². The van der Waals surface area contributed by atoms with Gasteiger partial charge in [0.2, 0.25) is 5.95 Å². The number of nitrogens with one attached hydrogen (secondary N) is 2. The van der Waals surface area contributed by atoms with E-state index in [0.717, 1.165) is 16.6 Å². The van der Waals surface area contributed by atoms with E-state index in [9.17, 15) is 0 Å². The molecule has 0 aliphatic rings. The van der Waals surface area contributed by atoms with Crippen LogP contribution in [0, 0.1) is 0 Å². The summed E-state index contributed by atoms with van der Waals surface area (Å²) in [5.74, 6) is 1.47. The first-order chi connectivity index (χ1) is 13.2. The van der Waals surface area contributed by atoms with Gasteiger partial charge in [0, 0.05) is 16.6 Å². The second-order valence-electron chi connectivity index (χ2n) is 5.64. The lowest BCUT2D eigenvalue weighted by Gasteiger charge is -2.11. The number of benzene rings is 2. The van der Waals surface area contributed by atoms with Crippen molar-refractivity contribution in [2.24, 2.45) is 0 Å². The van der Waals surface area contributed by atoms with E-state index in [2.05, 4.69) is 30.8 Å². The third kappa shape index (κ3) is 3.73. The summed E-state index contributed by atoms with van der Waals surface area (Å²) in [7, 11) is 1.58. The number of halogens is 1. The van der Waals surface area contributed by atoms with Gasteiger partial charge in [-0.15, -0.1) is 5.10 Å². The largest absolute Gasteiger partial charge is 0.495 e. The van der Waals surface area contributed by atoms with Crippen molar-refractivity contribution in [3.63, 3.8) is 0 Å². The Hall–Kier alpha value is -3.45. The molecule has 0 atom stereocenters. The van der Waals surface area contributed by atoms with Gasteiger partial charge >= 0.3 is 0 Å². The fourth-order valence-electron chi connectivity index (χ4n) is 2.66. The van der Waals surface area contributed by atoms with E-state index >= 15 is 0 Å². The molecule has 7 nitrogen and oxygen atoms in total. The molecule has 0 aliphatic carbocycles. The number of nitrogens with zero attached hydrogens (tertiary/aromatic N) is 4. The molecular formula is C19H15ClN6O.